The third-order valence-corrected chi connectivity index (χ3v) is 5.89. The molecule has 1 N–H and O–H groups in total. The average molecular weight is 309 g/mol. The van der Waals surface area contributed by atoms with Gasteiger partial charge in [0.1, 0.15) is 0 Å². The minimum absolute atomic E-state index is 0.353. The van der Waals surface area contributed by atoms with Gasteiger partial charge in [0.05, 0.1) is 0 Å². The van der Waals surface area contributed by atoms with Gasteiger partial charge < -0.3 is 5.11 Å². The molecule has 128 valence electrons. The highest BCUT2D eigenvalue weighted by Crippen LogP contribution is 2.54. The van der Waals surface area contributed by atoms with Crippen LogP contribution < -0.4 is 0 Å². The van der Waals surface area contributed by atoms with Crippen molar-refractivity contribution in [2.45, 2.75) is 96.8 Å². The Hall–Kier alpha value is -0.530. The second-order valence-corrected chi connectivity index (χ2v) is 7.94. The Labute approximate surface area is 137 Å². The molecule has 0 aromatic rings. The molecule has 2 aliphatic rings. The van der Waals surface area contributed by atoms with Crippen molar-refractivity contribution in [3.63, 3.8) is 0 Å². The van der Waals surface area contributed by atoms with Crippen LogP contribution in [0.5, 0.6) is 0 Å². The molecule has 2 aliphatic carbocycles. The lowest BCUT2D eigenvalue weighted by atomic mass is 10.0. The van der Waals surface area contributed by atoms with Gasteiger partial charge in [-0.3, -0.25) is 4.79 Å². The van der Waals surface area contributed by atoms with Gasteiger partial charge in [-0.25, -0.2) is 0 Å². The summed E-state index contributed by atoms with van der Waals surface area (Å²) in [5, 5.41) is 8.58. The molecule has 2 saturated carbocycles. The van der Waals surface area contributed by atoms with Crippen molar-refractivity contribution in [2.24, 2.45) is 23.7 Å². The molecule has 4 atom stereocenters. The Kier molecular flexibility index (Phi) is 7.75. The monoisotopic (exact) mass is 308 g/mol. The van der Waals surface area contributed by atoms with Gasteiger partial charge in [0.25, 0.3) is 0 Å². The number of carboxylic acids is 1. The summed E-state index contributed by atoms with van der Waals surface area (Å²) in [6.45, 7) is 2.30. The zero-order valence-electron chi connectivity index (χ0n) is 14.6. The number of aliphatic carboxylic acids is 1. The molecule has 0 amide bonds. The van der Waals surface area contributed by atoms with E-state index in [-0.39, 0.29) is 0 Å². The normalized spacial score (nSPS) is 29.5. The molecule has 2 heteroatoms. The molecule has 2 nitrogen and oxygen atoms in total. The van der Waals surface area contributed by atoms with Gasteiger partial charge in [-0.2, -0.15) is 0 Å². The molecular weight excluding hydrogens is 272 g/mol. The van der Waals surface area contributed by atoms with Crippen LogP contribution >= 0.6 is 0 Å². The van der Waals surface area contributed by atoms with E-state index in [0.29, 0.717) is 6.42 Å². The van der Waals surface area contributed by atoms with E-state index in [1.807, 2.05) is 0 Å². The van der Waals surface area contributed by atoms with Gasteiger partial charge in [-0.05, 0) is 49.4 Å². The van der Waals surface area contributed by atoms with Gasteiger partial charge >= 0.3 is 5.97 Å². The van der Waals surface area contributed by atoms with E-state index >= 15 is 0 Å². The predicted molar refractivity (Wildman–Crippen MR) is 91.9 cm³/mol. The summed E-state index contributed by atoms with van der Waals surface area (Å²) >= 11 is 0. The van der Waals surface area contributed by atoms with Crippen LogP contribution in [0.3, 0.4) is 0 Å². The fourth-order valence-electron chi connectivity index (χ4n) is 4.16. The first-order valence-electron chi connectivity index (χ1n) is 9.92. The van der Waals surface area contributed by atoms with Crippen LogP contribution in [0.15, 0.2) is 0 Å². The summed E-state index contributed by atoms with van der Waals surface area (Å²) < 4.78 is 0. The molecule has 2 fully saturated rings. The van der Waals surface area contributed by atoms with Crippen molar-refractivity contribution in [3.8, 4) is 0 Å². The molecule has 0 heterocycles. The van der Waals surface area contributed by atoms with Crippen LogP contribution in [0.25, 0.3) is 0 Å². The summed E-state index contributed by atoms with van der Waals surface area (Å²) in [7, 11) is 0. The van der Waals surface area contributed by atoms with Crippen LogP contribution in [-0.2, 0) is 4.79 Å². The first kappa shape index (κ1) is 17.8. The van der Waals surface area contributed by atoms with Crippen molar-refractivity contribution < 1.29 is 9.90 Å². The maximum atomic E-state index is 10.4. The summed E-state index contributed by atoms with van der Waals surface area (Å²) in [6.07, 6.45) is 18.0. The van der Waals surface area contributed by atoms with Crippen molar-refractivity contribution in [3.05, 3.63) is 0 Å². The number of hydrogen-bond donors (Lipinski definition) is 1. The lowest BCUT2D eigenvalue weighted by molar-refractivity contribution is -0.137. The highest BCUT2D eigenvalue weighted by atomic mass is 16.4. The summed E-state index contributed by atoms with van der Waals surface area (Å²) in [6, 6.07) is 0. The second kappa shape index (κ2) is 9.57. The van der Waals surface area contributed by atoms with E-state index in [2.05, 4.69) is 6.92 Å². The van der Waals surface area contributed by atoms with Gasteiger partial charge in [0.2, 0.25) is 0 Å². The Morgan fingerprint density at radius 2 is 1.36 bits per heavy atom. The van der Waals surface area contributed by atoms with Crippen LogP contribution in [-0.4, -0.2) is 11.1 Å². The minimum atomic E-state index is -0.645. The highest BCUT2D eigenvalue weighted by Gasteiger charge is 2.44. The third kappa shape index (κ3) is 7.15. The largest absolute Gasteiger partial charge is 0.481 e. The van der Waals surface area contributed by atoms with Crippen molar-refractivity contribution in [2.75, 3.05) is 0 Å². The highest BCUT2D eigenvalue weighted by molar-refractivity contribution is 5.66. The number of hydrogen-bond acceptors (Lipinski definition) is 1. The van der Waals surface area contributed by atoms with E-state index in [0.717, 1.165) is 36.5 Å². The van der Waals surface area contributed by atoms with Crippen molar-refractivity contribution in [1.82, 2.24) is 0 Å². The molecular formula is C20H36O2. The number of unbranched alkanes of at least 4 members (excludes halogenated alkanes) is 6. The fourth-order valence-corrected chi connectivity index (χ4v) is 4.16. The molecule has 0 aromatic heterocycles. The predicted octanol–water partition coefficient (Wildman–Crippen LogP) is 6.04. The molecule has 0 saturated heterocycles. The van der Waals surface area contributed by atoms with Gasteiger partial charge in [0.15, 0.2) is 0 Å². The summed E-state index contributed by atoms with van der Waals surface area (Å²) in [5.74, 6) is 3.68. The molecule has 22 heavy (non-hydrogen) atoms. The zero-order chi connectivity index (χ0) is 15.8. The molecule has 0 aromatic carbocycles. The Morgan fingerprint density at radius 3 is 1.95 bits per heavy atom. The van der Waals surface area contributed by atoms with Gasteiger partial charge in [-0.15, -0.1) is 0 Å². The van der Waals surface area contributed by atoms with Crippen LogP contribution in [0.2, 0.25) is 0 Å². The minimum Gasteiger partial charge on any atom is -0.481 e. The maximum absolute atomic E-state index is 10.4. The lowest BCUT2D eigenvalue weighted by Crippen LogP contribution is -1.93. The summed E-state index contributed by atoms with van der Waals surface area (Å²) in [5.41, 5.74) is 0. The quantitative estimate of drug-likeness (QED) is 0.397. The van der Waals surface area contributed by atoms with E-state index in [9.17, 15) is 4.79 Å². The molecule has 0 spiro atoms. The fraction of sp³-hybridized carbons (Fsp3) is 0.950. The number of rotatable bonds is 14. The molecule has 0 aliphatic heterocycles. The first-order valence-corrected chi connectivity index (χ1v) is 9.92. The van der Waals surface area contributed by atoms with Crippen molar-refractivity contribution in [1.29, 1.82) is 0 Å². The first-order chi connectivity index (χ1) is 10.7. The smallest absolute Gasteiger partial charge is 0.303 e. The molecule has 0 unspecified atom stereocenters. The van der Waals surface area contributed by atoms with Crippen molar-refractivity contribution >= 4 is 5.97 Å². The van der Waals surface area contributed by atoms with E-state index < -0.39 is 5.97 Å². The second-order valence-electron chi connectivity index (χ2n) is 7.94. The van der Waals surface area contributed by atoms with E-state index in [1.54, 1.807) is 6.42 Å². The topological polar surface area (TPSA) is 37.3 Å². The third-order valence-electron chi connectivity index (χ3n) is 5.89. The lowest BCUT2D eigenvalue weighted by Gasteiger charge is -2.02. The SMILES string of the molecule is CCCCC[C@@H]1C[C@@H]1C[C@H]1C[C@@H]1CCCCCCCC(=O)O. The molecule has 0 bridgehead atoms. The Balaban J connectivity index is 1.36. The van der Waals surface area contributed by atoms with Crippen LogP contribution in [0, 0.1) is 23.7 Å². The number of carbonyl (C=O) groups is 1. The van der Waals surface area contributed by atoms with E-state index in [1.165, 1.54) is 64.2 Å². The van der Waals surface area contributed by atoms with E-state index in [4.69, 9.17) is 5.11 Å². The van der Waals surface area contributed by atoms with Crippen LogP contribution in [0.1, 0.15) is 96.8 Å². The van der Waals surface area contributed by atoms with Gasteiger partial charge in [0, 0.05) is 6.42 Å². The molecule has 2 rings (SSSR count). The molecule has 0 radical (unpaired) electrons. The summed E-state index contributed by atoms with van der Waals surface area (Å²) in [4.78, 5) is 10.4. The Bertz CT molecular complexity index is 326. The Morgan fingerprint density at radius 1 is 0.818 bits per heavy atom. The zero-order valence-corrected chi connectivity index (χ0v) is 14.6. The standard InChI is InChI=1S/C20H36O2/c1-2-3-7-10-16-13-18(16)15-19-14-17(19)11-8-5-4-6-9-12-20(21)22/h16-19H,2-15H2,1H3,(H,21,22)/t16-,17+,18-,19-/m1/s1. The number of carboxylic acid groups (broad SMARTS) is 1. The maximum Gasteiger partial charge on any atom is 0.303 e. The van der Waals surface area contributed by atoms with Gasteiger partial charge in [-0.1, -0.05) is 64.7 Å². The van der Waals surface area contributed by atoms with Crippen LogP contribution in [0.4, 0.5) is 0 Å². The average Bonchev–Trinajstić information content (AvgIpc) is 3.38.